The Morgan fingerprint density at radius 2 is 1.84 bits per heavy atom. The molecule has 2 aromatic carbocycles. The lowest BCUT2D eigenvalue weighted by Crippen LogP contribution is -2.52. The number of ketones is 1. The predicted molar refractivity (Wildman–Crippen MR) is 120 cm³/mol. The van der Waals surface area contributed by atoms with E-state index in [4.69, 9.17) is 16.3 Å². The third kappa shape index (κ3) is 2.97. The maximum Gasteiger partial charge on any atom is 0.296 e. The molecule has 0 aliphatic carbocycles. The molecule has 0 aromatic heterocycles. The van der Waals surface area contributed by atoms with Gasteiger partial charge in [-0.1, -0.05) is 35.9 Å². The molecule has 1 saturated heterocycles. The average Bonchev–Trinajstić information content (AvgIpc) is 3.17. The Morgan fingerprint density at radius 1 is 1.16 bits per heavy atom. The van der Waals surface area contributed by atoms with Crippen molar-refractivity contribution in [3.05, 3.63) is 82.9 Å². The molecule has 1 N–H and O–H groups in total. The third-order valence-corrected chi connectivity index (χ3v) is 6.01. The van der Waals surface area contributed by atoms with Gasteiger partial charge in [0.1, 0.15) is 5.76 Å². The van der Waals surface area contributed by atoms with Gasteiger partial charge in [0.05, 0.1) is 17.9 Å². The highest BCUT2D eigenvalue weighted by Crippen LogP contribution is 2.53. The second-order valence-corrected chi connectivity index (χ2v) is 7.88. The van der Waals surface area contributed by atoms with E-state index in [9.17, 15) is 19.5 Å². The van der Waals surface area contributed by atoms with Crippen LogP contribution in [0.4, 0.5) is 5.69 Å². The number of amides is 2. The summed E-state index contributed by atoms with van der Waals surface area (Å²) in [5.74, 6) is -2.76. The molecule has 0 saturated carbocycles. The Kier molecular flexibility index (Phi) is 5.62. The lowest BCUT2D eigenvalue weighted by Gasteiger charge is -2.34. The Morgan fingerprint density at radius 3 is 2.50 bits per heavy atom. The van der Waals surface area contributed by atoms with Crippen molar-refractivity contribution in [2.24, 2.45) is 0 Å². The number of aliphatic hydroxyl groups excluding tert-OH is 1. The molecule has 2 amide bonds. The first-order chi connectivity index (χ1) is 15.4. The van der Waals surface area contributed by atoms with Gasteiger partial charge >= 0.3 is 0 Å². The third-order valence-electron chi connectivity index (χ3n) is 5.76. The first kappa shape index (κ1) is 21.8. The molecule has 0 bridgehead atoms. The van der Waals surface area contributed by atoms with Gasteiger partial charge in [-0.15, -0.1) is 6.58 Å². The van der Waals surface area contributed by atoms with Gasteiger partial charge in [0.25, 0.3) is 17.6 Å². The summed E-state index contributed by atoms with van der Waals surface area (Å²) < 4.78 is 5.14. The standard InChI is InChI=1S/C24H21ClN2O5/c1-3-12-26-18-7-5-4-6-17(18)24(23(26)31)19(20(28)15-8-10-16(25)11-9-15)21(29)22(30)27(24)13-14-32-2/h3-11,28H,1,12-14H2,2H3/b20-19+. The number of fused-ring (bicyclic) bond motifs is 2. The van der Waals surface area contributed by atoms with Crippen LogP contribution in [-0.4, -0.2) is 54.4 Å². The number of aliphatic hydroxyl groups is 1. The van der Waals surface area contributed by atoms with E-state index in [1.54, 1.807) is 42.5 Å². The fourth-order valence-corrected chi connectivity index (χ4v) is 4.54. The zero-order valence-corrected chi connectivity index (χ0v) is 18.1. The second-order valence-electron chi connectivity index (χ2n) is 7.44. The van der Waals surface area contributed by atoms with Crippen molar-refractivity contribution in [3.8, 4) is 0 Å². The van der Waals surface area contributed by atoms with Crippen molar-refractivity contribution in [1.29, 1.82) is 0 Å². The van der Waals surface area contributed by atoms with E-state index in [1.165, 1.54) is 29.0 Å². The zero-order chi connectivity index (χ0) is 23.0. The summed E-state index contributed by atoms with van der Waals surface area (Å²) in [6.45, 7) is 3.98. The van der Waals surface area contributed by atoms with Gasteiger partial charge in [0, 0.05) is 36.3 Å². The molecular formula is C24H21ClN2O5. The van der Waals surface area contributed by atoms with Crippen LogP contribution in [0.1, 0.15) is 11.1 Å². The quantitative estimate of drug-likeness (QED) is 0.315. The molecule has 2 heterocycles. The summed E-state index contributed by atoms with van der Waals surface area (Å²) in [4.78, 5) is 43.1. The number of rotatable bonds is 6. The summed E-state index contributed by atoms with van der Waals surface area (Å²) in [6.07, 6.45) is 1.56. The normalized spacial score (nSPS) is 21.5. The number of halogens is 1. The van der Waals surface area contributed by atoms with Crippen molar-refractivity contribution in [3.63, 3.8) is 0 Å². The maximum atomic E-state index is 14.0. The molecule has 0 radical (unpaired) electrons. The summed E-state index contributed by atoms with van der Waals surface area (Å²) in [5.41, 5.74) is -0.826. The molecule has 1 unspecified atom stereocenters. The van der Waals surface area contributed by atoms with E-state index in [0.29, 0.717) is 16.3 Å². The molecule has 2 aliphatic rings. The van der Waals surface area contributed by atoms with Crippen LogP contribution in [-0.2, 0) is 24.7 Å². The number of nitrogens with zero attached hydrogens (tertiary/aromatic N) is 2. The van der Waals surface area contributed by atoms with Crippen LogP contribution in [0, 0.1) is 0 Å². The van der Waals surface area contributed by atoms with Crippen molar-refractivity contribution in [1.82, 2.24) is 4.90 Å². The van der Waals surface area contributed by atoms with Crippen LogP contribution in [0.2, 0.25) is 5.02 Å². The molecule has 8 heteroatoms. The lowest BCUT2D eigenvalue weighted by atomic mass is 9.82. The summed E-state index contributed by atoms with van der Waals surface area (Å²) >= 11 is 5.96. The SMILES string of the molecule is C=CCN1C(=O)C2(/C(=C(/O)c3ccc(Cl)cc3)C(=O)C(=O)N2CCOC)c2ccccc21. The van der Waals surface area contributed by atoms with Gasteiger partial charge in [0.2, 0.25) is 0 Å². The summed E-state index contributed by atoms with van der Waals surface area (Å²) in [5, 5.41) is 11.7. The van der Waals surface area contributed by atoms with Crippen LogP contribution in [0.3, 0.4) is 0 Å². The highest BCUT2D eigenvalue weighted by atomic mass is 35.5. The number of carbonyl (C=O) groups excluding carboxylic acids is 3. The van der Waals surface area contributed by atoms with E-state index in [0.717, 1.165) is 0 Å². The molecule has 4 rings (SSSR count). The van der Waals surface area contributed by atoms with Crippen molar-refractivity contribution >= 4 is 40.6 Å². The smallest absolute Gasteiger partial charge is 0.296 e. The fourth-order valence-electron chi connectivity index (χ4n) is 4.41. The monoisotopic (exact) mass is 452 g/mol. The van der Waals surface area contributed by atoms with E-state index < -0.39 is 28.9 Å². The molecule has 1 spiro atoms. The topological polar surface area (TPSA) is 87.2 Å². The number of para-hydroxylation sites is 1. The van der Waals surface area contributed by atoms with Crippen LogP contribution < -0.4 is 4.90 Å². The molecule has 1 atom stereocenters. The number of hydrogen-bond acceptors (Lipinski definition) is 5. The Labute approximate surface area is 190 Å². The van der Waals surface area contributed by atoms with Crippen molar-refractivity contribution in [2.45, 2.75) is 5.54 Å². The average molecular weight is 453 g/mol. The predicted octanol–water partition coefficient (Wildman–Crippen LogP) is 3.09. The van der Waals surface area contributed by atoms with Gasteiger partial charge in [-0.2, -0.15) is 0 Å². The minimum atomic E-state index is -1.81. The fraction of sp³-hybridized carbons (Fsp3) is 0.208. The zero-order valence-electron chi connectivity index (χ0n) is 17.4. The second kappa shape index (κ2) is 8.26. The summed E-state index contributed by atoms with van der Waals surface area (Å²) in [7, 11) is 1.46. The number of anilines is 1. The van der Waals surface area contributed by atoms with Gasteiger partial charge in [0.15, 0.2) is 5.54 Å². The number of likely N-dealkylation sites (tertiary alicyclic amines) is 1. The largest absolute Gasteiger partial charge is 0.507 e. The van der Waals surface area contributed by atoms with Crippen LogP contribution >= 0.6 is 11.6 Å². The van der Waals surface area contributed by atoms with Crippen LogP contribution in [0.5, 0.6) is 0 Å². The maximum absolute atomic E-state index is 14.0. The first-order valence-electron chi connectivity index (χ1n) is 9.96. The van der Waals surface area contributed by atoms with Crippen molar-refractivity contribution < 1.29 is 24.2 Å². The minimum Gasteiger partial charge on any atom is -0.507 e. The molecule has 2 aliphatic heterocycles. The number of hydrogen-bond donors (Lipinski definition) is 1. The van der Waals surface area contributed by atoms with E-state index in [2.05, 4.69) is 6.58 Å². The van der Waals surface area contributed by atoms with Gasteiger partial charge in [-0.05, 0) is 30.3 Å². The lowest BCUT2D eigenvalue weighted by molar-refractivity contribution is -0.144. The van der Waals surface area contributed by atoms with Gasteiger partial charge in [-0.3, -0.25) is 14.4 Å². The molecule has 2 aromatic rings. The Bertz CT molecular complexity index is 1160. The molecule has 32 heavy (non-hydrogen) atoms. The van der Waals surface area contributed by atoms with Crippen molar-refractivity contribution in [2.75, 3.05) is 31.7 Å². The summed E-state index contributed by atoms with van der Waals surface area (Å²) in [6, 6.07) is 13.1. The minimum absolute atomic E-state index is 0.0134. The molecule has 164 valence electrons. The molecule has 1 fully saturated rings. The molecule has 7 nitrogen and oxygen atoms in total. The number of methoxy groups -OCH3 is 1. The Balaban J connectivity index is 2.06. The highest BCUT2D eigenvalue weighted by Gasteiger charge is 2.66. The number of benzene rings is 2. The number of Topliss-reactive ketones (excluding diaryl/α,β-unsaturated/α-hetero) is 1. The van der Waals surface area contributed by atoms with Crippen LogP contribution in [0.15, 0.2) is 66.8 Å². The number of carbonyl (C=O) groups is 3. The first-order valence-corrected chi connectivity index (χ1v) is 10.3. The Hall–Kier alpha value is -3.42. The van der Waals surface area contributed by atoms with E-state index in [-0.39, 0.29) is 30.8 Å². The van der Waals surface area contributed by atoms with E-state index >= 15 is 0 Å². The van der Waals surface area contributed by atoms with E-state index in [1.807, 2.05) is 0 Å². The molecular weight excluding hydrogens is 432 g/mol. The van der Waals surface area contributed by atoms with Gasteiger partial charge < -0.3 is 19.6 Å². The van der Waals surface area contributed by atoms with Gasteiger partial charge in [-0.25, -0.2) is 0 Å². The highest BCUT2D eigenvalue weighted by molar-refractivity contribution is 6.50. The number of ether oxygens (including phenoxy) is 1. The van der Waals surface area contributed by atoms with Crippen LogP contribution in [0.25, 0.3) is 5.76 Å².